The van der Waals surface area contributed by atoms with Crippen LogP contribution in [0.15, 0.2) is 0 Å². The zero-order chi connectivity index (χ0) is 9.19. The van der Waals surface area contributed by atoms with Crippen LogP contribution in [-0.2, 0) is 14.8 Å². The fourth-order valence-electron chi connectivity index (χ4n) is 1.80. The Labute approximate surface area is 73.9 Å². The molecule has 0 aliphatic carbocycles. The van der Waals surface area contributed by atoms with Gasteiger partial charge in [0.2, 0.25) is 0 Å². The molecule has 0 N–H and O–H groups in total. The highest BCUT2D eigenvalue weighted by molar-refractivity contribution is 4.86. The third kappa shape index (κ3) is 1.63. The van der Waals surface area contributed by atoms with Crippen LogP contribution in [0.5, 0.6) is 0 Å². The Kier molecular flexibility index (Phi) is 3.09. The monoisotopic (exact) mass is 174 g/mol. The molecule has 1 fully saturated rings. The van der Waals surface area contributed by atoms with Gasteiger partial charge < -0.3 is 0 Å². The summed E-state index contributed by atoms with van der Waals surface area (Å²) in [6, 6.07) is 0. The largest absolute Gasteiger partial charge is 0.206 e. The average Bonchev–Trinajstić information content (AvgIpc) is 2.05. The molecule has 12 heavy (non-hydrogen) atoms. The summed E-state index contributed by atoms with van der Waals surface area (Å²) in [5.41, 5.74) is -0.168. The van der Waals surface area contributed by atoms with E-state index in [1.54, 1.807) is 0 Å². The molecule has 1 heterocycles. The Bertz CT molecular complexity index is 127. The van der Waals surface area contributed by atoms with Crippen LogP contribution in [0.2, 0.25) is 0 Å². The molecule has 0 unspecified atom stereocenters. The quantitative estimate of drug-likeness (QED) is 0.601. The highest BCUT2D eigenvalue weighted by Gasteiger charge is 2.42. The molecule has 1 aliphatic rings. The summed E-state index contributed by atoms with van der Waals surface area (Å²) in [6.45, 7) is 9.21. The van der Waals surface area contributed by atoms with Gasteiger partial charge in [0.15, 0.2) is 0 Å². The molecule has 0 aromatic carbocycles. The molecule has 0 spiro atoms. The van der Waals surface area contributed by atoms with E-state index in [9.17, 15) is 0 Å². The lowest BCUT2D eigenvalue weighted by atomic mass is 9.78. The van der Waals surface area contributed by atoms with Crippen LogP contribution in [0, 0.1) is 11.8 Å². The molecule has 0 amide bonds. The molecule has 1 rings (SSSR count). The average molecular weight is 174 g/mol. The molecule has 0 radical (unpaired) electrons. The van der Waals surface area contributed by atoms with Gasteiger partial charge in [0.05, 0.1) is 6.61 Å². The maximum absolute atomic E-state index is 5.27. The highest BCUT2D eigenvalue weighted by Crippen LogP contribution is 2.36. The Morgan fingerprint density at radius 1 is 1.08 bits per heavy atom. The van der Waals surface area contributed by atoms with E-state index >= 15 is 0 Å². The van der Waals surface area contributed by atoms with Gasteiger partial charge in [0, 0.05) is 6.42 Å². The van der Waals surface area contributed by atoms with Crippen LogP contribution in [0.25, 0.3) is 0 Å². The van der Waals surface area contributed by atoms with E-state index in [2.05, 4.69) is 32.7 Å². The van der Waals surface area contributed by atoms with Crippen LogP contribution >= 0.6 is 0 Å². The van der Waals surface area contributed by atoms with E-state index in [-0.39, 0.29) is 5.60 Å². The van der Waals surface area contributed by atoms with Crippen molar-refractivity contribution in [3.63, 3.8) is 0 Å². The second-order valence-corrected chi connectivity index (χ2v) is 3.99. The van der Waals surface area contributed by atoms with Crippen molar-refractivity contribution in [1.29, 1.82) is 0 Å². The van der Waals surface area contributed by atoms with Gasteiger partial charge in [0.25, 0.3) is 0 Å². The van der Waals surface area contributed by atoms with Crippen molar-refractivity contribution >= 4 is 0 Å². The van der Waals surface area contributed by atoms with E-state index in [1.807, 2.05) is 0 Å². The van der Waals surface area contributed by atoms with Gasteiger partial charge >= 0.3 is 0 Å². The molecule has 0 aromatic rings. The molecule has 3 nitrogen and oxygen atoms in total. The molecular weight excluding hydrogens is 156 g/mol. The van der Waals surface area contributed by atoms with Gasteiger partial charge in [-0.15, -0.1) is 0 Å². The highest BCUT2D eigenvalue weighted by atomic mass is 17.5. The minimum Gasteiger partial charge on any atom is -0.206 e. The lowest BCUT2D eigenvalue weighted by Gasteiger charge is -2.40. The molecule has 0 aromatic heterocycles. The summed E-state index contributed by atoms with van der Waals surface area (Å²) >= 11 is 0. The Balaban J connectivity index is 2.70. The summed E-state index contributed by atoms with van der Waals surface area (Å²) in [6.07, 6.45) is 0.905. The Hall–Kier alpha value is -0.120. The normalized spacial score (nSPS) is 23.5. The minimum atomic E-state index is -0.168. The Morgan fingerprint density at radius 3 is 1.92 bits per heavy atom. The predicted octanol–water partition coefficient (Wildman–Crippen LogP) is 2.32. The van der Waals surface area contributed by atoms with Crippen molar-refractivity contribution in [2.75, 3.05) is 6.61 Å². The molecule has 0 bridgehead atoms. The fourth-order valence-corrected chi connectivity index (χ4v) is 1.80. The van der Waals surface area contributed by atoms with Crippen molar-refractivity contribution in [2.24, 2.45) is 11.8 Å². The minimum absolute atomic E-state index is 0.168. The van der Waals surface area contributed by atoms with Gasteiger partial charge in [-0.1, -0.05) is 32.7 Å². The molecule has 0 atom stereocenters. The van der Waals surface area contributed by atoms with Crippen LogP contribution in [0.4, 0.5) is 0 Å². The van der Waals surface area contributed by atoms with Crippen molar-refractivity contribution in [3.8, 4) is 0 Å². The molecular formula is C9H18O3. The fraction of sp³-hybridized carbons (Fsp3) is 1.00. The maximum Gasteiger partial charge on any atom is 0.114 e. The maximum atomic E-state index is 5.27. The van der Waals surface area contributed by atoms with Gasteiger partial charge in [-0.25, -0.2) is 4.89 Å². The topological polar surface area (TPSA) is 27.7 Å². The standard InChI is InChI=1S/C9H18O3/c1-7(2)9(8(3)4)5-6-10-12-11-9/h7-8H,5-6H2,1-4H3. The molecule has 1 aliphatic heterocycles. The summed E-state index contributed by atoms with van der Waals surface area (Å²) in [7, 11) is 0. The summed E-state index contributed by atoms with van der Waals surface area (Å²) < 4.78 is 0. The summed E-state index contributed by atoms with van der Waals surface area (Å²) in [4.78, 5) is 9.97. The van der Waals surface area contributed by atoms with Gasteiger partial charge in [0.1, 0.15) is 5.60 Å². The Morgan fingerprint density at radius 2 is 1.67 bits per heavy atom. The SMILES string of the molecule is CC(C)C1(C(C)C)CCOOO1. The predicted molar refractivity (Wildman–Crippen MR) is 45.1 cm³/mol. The van der Waals surface area contributed by atoms with Crippen LogP contribution in [0.1, 0.15) is 34.1 Å². The smallest absolute Gasteiger partial charge is 0.114 e. The molecule has 72 valence electrons. The lowest BCUT2D eigenvalue weighted by molar-refractivity contribution is -0.578. The number of rotatable bonds is 2. The third-order valence-corrected chi connectivity index (χ3v) is 2.77. The first kappa shape index (κ1) is 9.96. The number of hydrogen-bond donors (Lipinski definition) is 0. The van der Waals surface area contributed by atoms with Crippen molar-refractivity contribution < 1.29 is 14.8 Å². The van der Waals surface area contributed by atoms with E-state index in [4.69, 9.17) is 9.78 Å². The molecule has 3 heteroatoms. The lowest BCUT2D eigenvalue weighted by Crippen LogP contribution is -2.47. The van der Waals surface area contributed by atoms with Crippen molar-refractivity contribution in [2.45, 2.75) is 39.7 Å². The van der Waals surface area contributed by atoms with Crippen LogP contribution in [0.3, 0.4) is 0 Å². The van der Waals surface area contributed by atoms with Crippen LogP contribution in [-0.4, -0.2) is 12.2 Å². The number of hydrogen-bond acceptors (Lipinski definition) is 3. The van der Waals surface area contributed by atoms with E-state index in [1.165, 1.54) is 0 Å². The first-order valence-corrected chi connectivity index (χ1v) is 4.57. The van der Waals surface area contributed by atoms with Gasteiger partial charge in [-0.05, 0) is 11.8 Å². The summed E-state index contributed by atoms with van der Waals surface area (Å²) in [5, 5.41) is 4.61. The summed E-state index contributed by atoms with van der Waals surface area (Å²) in [5.74, 6) is 0.891. The zero-order valence-corrected chi connectivity index (χ0v) is 8.29. The molecule has 0 saturated carbocycles. The van der Waals surface area contributed by atoms with E-state index in [0.29, 0.717) is 18.4 Å². The second kappa shape index (κ2) is 3.73. The van der Waals surface area contributed by atoms with E-state index in [0.717, 1.165) is 6.42 Å². The second-order valence-electron chi connectivity index (χ2n) is 3.99. The first-order valence-electron chi connectivity index (χ1n) is 4.57. The van der Waals surface area contributed by atoms with Crippen molar-refractivity contribution in [3.05, 3.63) is 0 Å². The zero-order valence-electron chi connectivity index (χ0n) is 8.29. The van der Waals surface area contributed by atoms with E-state index < -0.39 is 0 Å². The van der Waals surface area contributed by atoms with Crippen LogP contribution < -0.4 is 0 Å². The molecule has 1 saturated heterocycles. The van der Waals surface area contributed by atoms with Gasteiger partial charge in [-0.3, -0.25) is 0 Å². The first-order chi connectivity index (χ1) is 5.59. The van der Waals surface area contributed by atoms with Crippen molar-refractivity contribution in [1.82, 2.24) is 0 Å². The van der Waals surface area contributed by atoms with Gasteiger partial charge in [-0.2, -0.15) is 4.89 Å². The third-order valence-electron chi connectivity index (χ3n) is 2.77.